The first-order valence-electron chi connectivity index (χ1n) is 9.13. The van der Waals surface area contributed by atoms with E-state index in [-0.39, 0.29) is 11.7 Å². The van der Waals surface area contributed by atoms with Gasteiger partial charge in [-0.05, 0) is 48.4 Å². The number of hydrogen-bond acceptors (Lipinski definition) is 7. The number of rotatable bonds is 8. The normalized spacial score (nSPS) is 11.2. The number of amides is 1. The van der Waals surface area contributed by atoms with Crippen molar-refractivity contribution in [2.24, 2.45) is 5.92 Å². The van der Waals surface area contributed by atoms with Crippen LogP contribution in [0.2, 0.25) is 5.02 Å². The van der Waals surface area contributed by atoms with Gasteiger partial charge in [0.15, 0.2) is 4.34 Å². The average Bonchev–Trinajstić information content (AvgIpc) is 3.23. The third kappa shape index (κ3) is 5.72. The highest BCUT2D eigenvalue weighted by Crippen LogP contribution is 2.33. The SMILES string of the molecule is CCOC(=O)c1c(CC(C)C)csc1NC(=O)CSc1nc2cc(Cl)ccc2s1. The fourth-order valence-electron chi connectivity index (χ4n) is 2.73. The van der Waals surface area contributed by atoms with E-state index in [1.54, 1.807) is 6.92 Å². The first kappa shape index (κ1) is 22.1. The molecule has 2 aromatic heterocycles. The molecule has 154 valence electrons. The molecule has 1 aromatic carbocycles. The standard InChI is InChI=1S/C20H21ClN2O3S3/c1-4-26-19(25)17-12(7-11(2)3)9-27-18(17)23-16(24)10-28-20-22-14-8-13(21)5-6-15(14)29-20/h5-6,8-9,11H,4,7,10H2,1-3H3,(H,23,24). The van der Waals surface area contributed by atoms with Gasteiger partial charge in [0.1, 0.15) is 5.00 Å². The molecule has 2 heterocycles. The van der Waals surface area contributed by atoms with Gasteiger partial charge in [-0.15, -0.1) is 22.7 Å². The molecular formula is C20H21ClN2O3S3. The predicted molar refractivity (Wildman–Crippen MR) is 123 cm³/mol. The molecule has 0 aliphatic rings. The number of benzene rings is 1. The Balaban J connectivity index is 1.69. The Labute approximate surface area is 186 Å². The smallest absolute Gasteiger partial charge is 0.341 e. The number of carbonyl (C=O) groups excluding carboxylic acids is 2. The Kier molecular flexibility index (Phi) is 7.56. The maximum absolute atomic E-state index is 12.5. The molecule has 3 rings (SSSR count). The summed E-state index contributed by atoms with van der Waals surface area (Å²) in [6.45, 7) is 6.24. The molecule has 29 heavy (non-hydrogen) atoms. The van der Waals surface area contributed by atoms with Gasteiger partial charge in [0.25, 0.3) is 0 Å². The number of nitrogens with one attached hydrogen (secondary N) is 1. The maximum atomic E-state index is 12.5. The lowest BCUT2D eigenvalue weighted by Crippen LogP contribution is -2.17. The minimum Gasteiger partial charge on any atom is -0.462 e. The Bertz CT molecular complexity index is 1030. The van der Waals surface area contributed by atoms with Crippen molar-refractivity contribution in [3.8, 4) is 0 Å². The maximum Gasteiger partial charge on any atom is 0.341 e. The highest BCUT2D eigenvalue weighted by atomic mass is 35.5. The second-order valence-corrected chi connectivity index (χ2v) is 10.3. The zero-order valence-electron chi connectivity index (χ0n) is 16.3. The van der Waals surface area contributed by atoms with Crippen LogP contribution in [0.4, 0.5) is 5.00 Å². The molecule has 3 aromatic rings. The first-order chi connectivity index (χ1) is 13.9. The third-order valence-corrected chi connectivity index (χ3v) is 7.24. The molecule has 0 bridgehead atoms. The summed E-state index contributed by atoms with van der Waals surface area (Å²) in [6, 6.07) is 5.56. The summed E-state index contributed by atoms with van der Waals surface area (Å²) in [5, 5.41) is 5.97. The Morgan fingerprint density at radius 1 is 1.34 bits per heavy atom. The number of carbonyl (C=O) groups is 2. The minimum atomic E-state index is -0.393. The summed E-state index contributed by atoms with van der Waals surface area (Å²) in [5.41, 5.74) is 2.21. The number of anilines is 1. The van der Waals surface area contributed by atoms with Crippen molar-refractivity contribution in [1.82, 2.24) is 4.98 Å². The number of aromatic nitrogens is 1. The summed E-state index contributed by atoms with van der Waals surface area (Å²) >= 11 is 10.2. The molecule has 9 heteroatoms. The van der Waals surface area contributed by atoms with E-state index in [0.717, 1.165) is 26.5 Å². The number of nitrogens with zero attached hydrogens (tertiary/aromatic N) is 1. The van der Waals surface area contributed by atoms with E-state index >= 15 is 0 Å². The Hall–Kier alpha value is -1.61. The van der Waals surface area contributed by atoms with Crippen molar-refractivity contribution in [2.75, 3.05) is 17.7 Å². The summed E-state index contributed by atoms with van der Waals surface area (Å²) in [5.74, 6) is 0.0170. The Morgan fingerprint density at radius 3 is 2.86 bits per heavy atom. The minimum absolute atomic E-state index is 0.184. The number of thiophene rings is 1. The molecule has 0 radical (unpaired) electrons. The van der Waals surface area contributed by atoms with Gasteiger partial charge in [0.05, 0.1) is 28.1 Å². The monoisotopic (exact) mass is 468 g/mol. The lowest BCUT2D eigenvalue weighted by Gasteiger charge is -2.09. The van der Waals surface area contributed by atoms with Crippen molar-refractivity contribution < 1.29 is 14.3 Å². The Morgan fingerprint density at radius 2 is 2.14 bits per heavy atom. The zero-order chi connectivity index (χ0) is 21.0. The highest BCUT2D eigenvalue weighted by Gasteiger charge is 2.22. The van der Waals surface area contributed by atoms with E-state index in [2.05, 4.69) is 24.1 Å². The summed E-state index contributed by atoms with van der Waals surface area (Å²) in [6.07, 6.45) is 0.754. The van der Waals surface area contributed by atoms with Gasteiger partial charge in [0, 0.05) is 5.02 Å². The highest BCUT2D eigenvalue weighted by molar-refractivity contribution is 8.01. The zero-order valence-corrected chi connectivity index (χ0v) is 19.5. The van der Waals surface area contributed by atoms with E-state index in [1.165, 1.54) is 34.4 Å². The van der Waals surface area contributed by atoms with E-state index in [4.69, 9.17) is 16.3 Å². The molecule has 0 fully saturated rings. The molecule has 0 saturated heterocycles. The van der Waals surface area contributed by atoms with Crippen LogP contribution in [-0.4, -0.2) is 29.2 Å². The van der Waals surface area contributed by atoms with Crippen molar-refractivity contribution in [3.05, 3.63) is 39.7 Å². The molecule has 0 saturated carbocycles. The molecule has 1 N–H and O–H groups in total. The van der Waals surface area contributed by atoms with E-state index in [1.807, 2.05) is 23.6 Å². The van der Waals surface area contributed by atoms with Gasteiger partial charge in [-0.2, -0.15) is 0 Å². The third-order valence-electron chi connectivity index (χ3n) is 3.88. The van der Waals surface area contributed by atoms with Gasteiger partial charge in [-0.1, -0.05) is 37.2 Å². The summed E-state index contributed by atoms with van der Waals surface area (Å²) in [7, 11) is 0. The van der Waals surface area contributed by atoms with Crippen LogP contribution in [0, 0.1) is 5.92 Å². The number of fused-ring (bicyclic) bond motifs is 1. The predicted octanol–water partition coefficient (Wildman–Crippen LogP) is 6.12. The summed E-state index contributed by atoms with van der Waals surface area (Å²) in [4.78, 5) is 29.4. The molecule has 0 spiro atoms. The van der Waals surface area contributed by atoms with E-state index in [0.29, 0.717) is 28.1 Å². The van der Waals surface area contributed by atoms with Gasteiger partial charge in [0.2, 0.25) is 5.91 Å². The molecule has 0 atom stereocenters. The average molecular weight is 469 g/mol. The molecular weight excluding hydrogens is 448 g/mol. The van der Waals surface area contributed by atoms with Crippen molar-refractivity contribution in [3.63, 3.8) is 0 Å². The lowest BCUT2D eigenvalue weighted by atomic mass is 10.0. The number of thiazole rings is 1. The molecule has 0 unspecified atom stereocenters. The van der Waals surface area contributed by atoms with E-state index in [9.17, 15) is 9.59 Å². The topological polar surface area (TPSA) is 68.3 Å². The summed E-state index contributed by atoms with van der Waals surface area (Å²) < 4.78 is 7.02. The number of esters is 1. The van der Waals surface area contributed by atoms with E-state index < -0.39 is 5.97 Å². The van der Waals surface area contributed by atoms with Gasteiger partial charge in [-0.3, -0.25) is 4.79 Å². The molecule has 0 aliphatic heterocycles. The van der Waals surface area contributed by atoms with Gasteiger partial charge >= 0.3 is 5.97 Å². The van der Waals surface area contributed by atoms with Crippen LogP contribution in [0.5, 0.6) is 0 Å². The van der Waals surface area contributed by atoms with Crippen LogP contribution in [0.25, 0.3) is 10.2 Å². The molecule has 5 nitrogen and oxygen atoms in total. The number of hydrogen-bond donors (Lipinski definition) is 1. The van der Waals surface area contributed by atoms with Crippen molar-refractivity contribution >= 4 is 73.1 Å². The number of ether oxygens (including phenoxy) is 1. The van der Waals surface area contributed by atoms with Gasteiger partial charge < -0.3 is 10.1 Å². The number of halogens is 1. The second kappa shape index (κ2) is 9.93. The fourth-order valence-corrected chi connectivity index (χ4v) is 5.73. The number of thioether (sulfide) groups is 1. The van der Waals surface area contributed by atoms with Crippen LogP contribution in [-0.2, 0) is 16.0 Å². The van der Waals surface area contributed by atoms with Crippen LogP contribution >= 0.6 is 46.0 Å². The van der Waals surface area contributed by atoms with Crippen molar-refractivity contribution in [1.29, 1.82) is 0 Å². The molecule has 0 aliphatic carbocycles. The quantitative estimate of drug-likeness (QED) is 0.318. The second-order valence-electron chi connectivity index (χ2n) is 6.71. The fraction of sp³-hybridized carbons (Fsp3) is 0.350. The van der Waals surface area contributed by atoms with Crippen LogP contribution in [0.1, 0.15) is 36.7 Å². The molecule has 1 amide bonds. The van der Waals surface area contributed by atoms with Crippen LogP contribution in [0.3, 0.4) is 0 Å². The van der Waals surface area contributed by atoms with Gasteiger partial charge in [-0.25, -0.2) is 9.78 Å². The lowest BCUT2D eigenvalue weighted by molar-refractivity contribution is -0.113. The van der Waals surface area contributed by atoms with Crippen molar-refractivity contribution in [2.45, 2.75) is 31.5 Å². The largest absolute Gasteiger partial charge is 0.462 e. The van der Waals surface area contributed by atoms with Crippen LogP contribution in [0.15, 0.2) is 27.9 Å². The first-order valence-corrected chi connectivity index (χ1v) is 12.2. The van der Waals surface area contributed by atoms with Crippen LogP contribution < -0.4 is 5.32 Å².